The Morgan fingerprint density at radius 1 is 1.10 bits per heavy atom. The van der Waals surface area contributed by atoms with Crippen LogP contribution < -0.4 is 0 Å². The molecule has 29 heavy (non-hydrogen) atoms. The predicted molar refractivity (Wildman–Crippen MR) is 116 cm³/mol. The van der Waals surface area contributed by atoms with E-state index >= 15 is 0 Å². The number of likely N-dealkylation sites (tertiary alicyclic amines) is 1. The van der Waals surface area contributed by atoms with E-state index < -0.39 is 0 Å². The van der Waals surface area contributed by atoms with E-state index in [1.807, 2.05) is 6.33 Å². The predicted octanol–water partition coefficient (Wildman–Crippen LogP) is 3.54. The van der Waals surface area contributed by atoms with Crippen molar-refractivity contribution in [3.05, 3.63) is 47.8 Å². The lowest BCUT2D eigenvalue weighted by atomic mass is 9.78. The van der Waals surface area contributed by atoms with Crippen LogP contribution >= 0.6 is 0 Å². The van der Waals surface area contributed by atoms with Crippen LogP contribution in [-0.2, 0) is 25.0 Å². The number of piperidine rings is 1. The minimum atomic E-state index is 0.116. The van der Waals surface area contributed by atoms with E-state index in [0.717, 1.165) is 64.0 Å². The molecule has 5 rings (SSSR count). The van der Waals surface area contributed by atoms with Gasteiger partial charge in [-0.1, -0.05) is 19.1 Å². The number of benzene rings is 1. The molecule has 6 heteroatoms. The van der Waals surface area contributed by atoms with E-state index in [9.17, 15) is 0 Å². The Hall–Kier alpha value is -2.18. The Morgan fingerprint density at radius 3 is 2.72 bits per heavy atom. The molecule has 2 aliphatic heterocycles. The molecule has 1 saturated heterocycles. The minimum absolute atomic E-state index is 0.116. The minimum Gasteiger partial charge on any atom is -0.348 e. The standard InChI is InChI=1S/C23H32N6/c1-3-12-28-13-9-19-22(25-17-24-19)23(28)10-14-27(15-11-23)16-21-26-18-7-5-6-8-20(18)29(21)4-2/h5-8,17H,3-4,9-16H2,1-2H3,(H,24,25). The number of rotatable bonds is 5. The molecule has 0 saturated carbocycles. The number of hydrogen-bond donors (Lipinski definition) is 1. The first-order valence-corrected chi connectivity index (χ1v) is 11.2. The van der Waals surface area contributed by atoms with Crippen molar-refractivity contribution in [1.82, 2.24) is 29.3 Å². The van der Waals surface area contributed by atoms with Crippen molar-refractivity contribution in [2.24, 2.45) is 0 Å². The smallest absolute Gasteiger partial charge is 0.124 e. The maximum Gasteiger partial charge on any atom is 0.124 e. The van der Waals surface area contributed by atoms with Crippen LogP contribution in [0.4, 0.5) is 0 Å². The van der Waals surface area contributed by atoms with Crippen molar-refractivity contribution in [3.63, 3.8) is 0 Å². The molecular formula is C23H32N6. The zero-order chi connectivity index (χ0) is 19.8. The van der Waals surface area contributed by atoms with E-state index in [-0.39, 0.29) is 5.54 Å². The molecule has 0 aliphatic carbocycles. The number of aromatic amines is 1. The topological polar surface area (TPSA) is 53.0 Å². The first-order chi connectivity index (χ1) is 14.2. The van der Waals surface area contributed by atoms with E-state index in [1.165, 1.54) is 29.1 Å². The Kier molecular flexibility index (Phi) is 4.92. The van der Waals surface area contributed by atoms with Gasteiger partial charge in [-0.25, -0.2) is 9.97 Å². The summed E-state index contributed by atoms with van der Waals surface area (Å²) >= 11 is 0. The van der Waals surface area contributed by atoms with Gasteiger partial charge in [0.2, 0.25) is 0 Å². The van der Waals surface area contributed by atoms with Gasteiger partial charge < -0.3 is 9.55 Å². The molecule has 1 N–H and O–H groups in total. The summed E-state index contributed by atoms with van der Waals surface area (Å²) in [5, 5.41) is 0. The second-order valence-corrected chi connectivity index (χ2v) is 8.54. The highest BCUT2D eigenvalue weighted by Gasteiger charge is 2.46. The van der Waals surface area contributed by atoms with Crippen molar-refractivity contribution < 1.29 is 0 Å². The fourth-order valence-electron chi connectivity index (χ4n) is 5.55. The van der Waals surface area contributed by atoms with Crippen molar-refractivity contribution in [1.29, 1.82) is 0 Å². The lowest BCUT2D eigenvalue weighted by molar-refractivity contribution is 0.00275. The average molecular weight is 393 g/mol. The number of aromatic nitrogens is 4. The SMILES string of the molecule is CCCN1CCc2[nH]cnc2C12CCN(Cc1nc3ccccc3n1CC)CC2. The molecular weight excluding hydrogens is 360 g/mol. The molecule has 1 aromatic carbocycles. The summed E-state index contributed by atoms with van der Waals surface area (Å²) in [6.45, 7) is 10.9. The Bertz CT molecular complexity index is 978. The zero-order valence-corrected chi connectivity index (χ0v) is 17.7. The Labute approximate surface area is 172 Å². The second kappa shape index (κ2) is 7.58. The monoisotopic (exact) mass is 392 g/mol. The number of H-pyrrole nitrogens is 1. The van der Waals surface area contributed by atoms with Gasteiger partial charge in [0, 0.05) is 38.3 Å². The van der Waals surface area contributed by atoms with Crippen molar-refractivity contribution >= 4 is 11.0 Å². The van der Waals surface area contributed by atoms with Crippen molar-refractivity contribution in [3.8, 4) is 0 Å². The van der Waals surface area contributed by atoms with Gasteiger partial charge >= 0.3 is 0 Å². The molecule has 4 heterocycles. The third-order valence-electron chi connectivity index (χ3n) is 6.99. The van der Waals surface area contributed by atoms with E-state index in [4.69, 9.17) is 9.97 Å². The first-order valence-electron chi connectivity index (χ1n) is 11.2. The normalized spacial score (nSPS) is 19.8. The number of nitrogens with zero attached hydrogens (tertiary/aromatic N) is 5. The lowest BCUT2D eigenvalue weighted by Crippen LogP contribution is -2.56. The summed E-state index contributed by atoms with van der Waals surface area (Å²) in [4.78, 5) is 18.5. The maximum absolute atomic E-state index is 4.95. The third-order valence-corrected chi connectivity index (χ3v) is 6.99. The second-order valence-electron chi connectivity index (χ2n) is 8.54. The highest BCUT2D eigenvalue weighted by Crippen LogP contribution is 2.42. The quantitative estimate of drug-likeness (QED) is 0.722. The summed E-state index contributed by atoms with van der Waals surface area (Å²) in [6.07, 6.45) is 6.50. The molecule has 6 nitrogen and oxygen atoms in total. The highest BCUT2D eigenvalue weighted by molar-refractivity contribution is 5.75. The van der Waals surface area contributed by atoms with Gasteiger partial charge in [-0.2, -0.15) is 0 Å². The Balaban J connectivity index is 1.37. The third kappa shape index (κ3) is 3.09. The molecule has 1 fully saturated rings. The number of para-hydroxylation sites is 2. The van der Waals surface area contributed by atoms with E-state index in [2.05, 4.69) is 57.5 Å². The van der Waals surface area contributed by atoms with Crippen LogP contribution in [0.15, 0.2) is 30.6 Å². The Morgan fingerprint density at radius 2 is 1.93 bits per heavy atom. The average Bonchev–Trinajstić information content (AvgIpc) is 3.36. The summed E-state index contributed by atoms with van der Waals surface area (Å²) in [6, 6.07) is 8.50. The fraction of sp³-hybridized carbons (Fsp3) is 0.565. The number of imidazole rings is 2. The van der Waals surface area contributed by atoms with Crippen LogP contribution in [0.2, 0.25) is 0 Å². The largest absolute Gasteiger partial charge is 0.348 e. The van der Waals surface area contributed by atoms with Crippen LogP contribution in [-0.4, -0.2) is 55.5 Å². The summed E-state index contributed by atoms with van der Waals surface area (Å²) < 4.78 is 2.37. The zero-order valence-electron chi connectivity index (χ0n) is 17.7. The lowest BCUT2D eigenvalue weighted by Gasteiger charge is -2.50. The summed E-state index contributed by atoms with van der Waals surface area (Å²) in [7, 11) is 0. The van der Waals surface area contributed by atoms with Crippen LogP contribution in [0.5, 0.6) is 0 Å². The van der Waals surface area contributed by atoms with Gasteiger partial charge in [-0.05, 0) is 44.9 Å². The molecule has 0 atom stereocenters. The van der Waals surface area contributed by atoms with Crippen molar-refractivity contribution in [2.45, 2.75) is 58.2 Å². The van der Waals surface area contributed by atoms with E-state index in [0.29, 0.717) is 0 Å². The van der Waals surface area contributed by atoms with Crippen LogP contribution in [0.1, 0.15) is 50.3 Å². The molecule has 0 amide bonds. The van der Waals surface area contributed by atoms with Crippen LogP contribution in [0, 0.1) is 0 Å². The molecule has 154 valence electrons. The summed E-state index contributed by atoms with van der Waals surface area (Å²) in [5.41, 5.74) is 5.16. The van der Waals surface area contributed by atoms with E-state index in [1.54, 1.807) is 0 Å². The van der Waals surface area contributed by atoms with Crippen molar-refractivity contribution in [2.75, 3.05) is 26.2 Å². The van der Waals surface area contributed by atoms with Gasteiger partial charge in [0.15, 0.2) is 0 Å². The molecule has 1 spiro atoms. The number of nitrogens with one attached hydrogen (secondary N) is 1. The summed E-state index contributed by atoms with van der Waals surface area (Å²) in [5.74, 6) is 1.19. The molecule has 0 radical (unpaired) electrons. The molecule has 0 unspecified atom stereocenters. The molecule has 2 aliphatic rings. The van der Waals surface area contributed by atoms with Crippen LogP contribution in [0.25, 0.3) is 11.0 Å². The maximum atomic E-state index is 4.95. The van der Waals surface area contributed by atoms with Gasteiger partial charge in [0.1, 0.15) is 5.82 Å². The van der Waals surface area contributed by atoms with Gasteiger partial charge in [0.25, 0.3) is 0 Å². The fourth-order valence-corrected chi connectivity index (χ4v) is 5.55. The number of aryl methyl sites for hydroxylation is 1. The van der Waals surface area contributed by atoms with Crippen LogP contribution in [0.3, 0.4) is 0 Å². The highest BCUT2D eigenvalue weighted by atomic mass is 15.3. The molecule has 3 aromatic rings. The van der Waals surface area contributed by atoms with Gasteiger partial charge in [-0.15, -0.1) is 0 Å². The molecule has 0 bridgehead atoms. The first kappa shape index (κ1) is 18.8. The number of hydrogen-bond acceptors (Lipinski definition) is 4. The van der Waals surface area contributed by atoms with Gasteiger partial charge in [0.05, 0.1) is 35.1 Å². The van der Waals surface area contributed by atoms with Gasteiger partial charge in [-0.3, -0.25) is 9.80 Å². The number of fused-ring (bicyclic) bond motifs is 3. The molecule has 2 aromatic heterocycles.